The fourth-order valence-corrected chi connectivity index (χ4v) is 2.83. The lowest BCUT2D eigenvalue weighted by atomic mass is 10.2. The van der Waals surface area contributed by atoms with E-state index in [0.29, 0.717) is 5.69 Å². The lowest BCUT2D eigenvalue weighted by Crippen LogP contribution is -2.32. The molecule has 2 aromatic rings. The largest absolute Gasteiger partial charge is 0.354 e. The van der Waals surface area contributed by atoms with Gasteiger partial charge in [-0.2, -0.15) is 0 Å². The van der Waals surface area contributed by atoms with Gasteiger partial charge in [0.25, 0.3) is 5.91 Å². The van der Waals surface area contributed by atoms with Crippen LogP contribution in [-0.4, -0.2) is 28.9 Å². The van der Waals surface area contributed by atoms with Crippen LogP contribution >= 0.6 is 0 Å². The van der Waals surface area contributed by atoms with Crippen molar-refractivity contribution in [3.8, 4) is 0 Å². The average Bonchev–Trinajstić information content (AvgIpc) is 2.86. The Balaban J connectivity index is 1.66. The number of carbonyl (C=O) groups excluding carboxylic acids is 1. The van der Waals surface area contributed by atoms with Gasteiger partial charge in [0.05, 0.1) is 11.9 Å². The van der Waals surface area contributed by atoms with Crippen molar-refractivity contribution < 1.29 is 4.79 Å². The minimum absolute atomic E-state index is 0.0498. The van der Waals surface area contributed by atoms with E-state index in [9.17, 15) is 4.79 Å². The molecular formula is C19H23N3O. The van der Waals surface area contributed by atoms with Crippen LogP contribution in [0.3, 0.4) is 0 Å². The number of rotatable bonds is 3. The van der Waals surface area contributed by atoms with E-state index in [2.05, 4.69) is 29.4 Å². The molecule has 0 radical (unpaired) electrons. The van der Waals surface area contributed by atoms with Crippen LogP contribution in [0.25, 0.3) is 0 Å². The molecule has 4 heteroatoms. The van der Waals surface area contributed by atoms with Crippen LogP contribution in [-0.2, 0) is 0 Å². The van der Waals surface area contributed by atoms with Gasteiger partial charge < -0.3 is 10.2 Å². The van der Waals surface area contributed by atoms with Crippen molar-refractivity contribution in [3.05, 3.63) is 53.9 Å². The molecule has 0 atom stereocenters. The number of benzene rings is 1. The SMILES string of the molecule is Cc1ccc(Nc2ccc(C(=O)N3CCCCCC3)nc2)cc1. The molecule has 23 heavy (non-hydrogen) atoms. The Hall–Kier alpha value is -2.36. The summed E-state index contributed by atoms with van der Waals surface area (Å²) in [5, 5.41) is 3.30. The van der Waals surface area contributed by atoms with Crippen LogP contribution in [0.2, 0.25) is 0 Å². The lowest BCUT2D eigenvalue weighted by molar-refractivity contribution is 0.0756. The number of aryl methyl sites for hydroxylation is 1. The Morgan fingerprint density at radius 2 is 1.61 bits per heavy atom. The van der Waals surface area contributed by atoms with Crippen molar-refractivity contribution >= 4 is 17.3 Å². The number of nitrogens with zero attached hydrogens (tertiary/aromatic N) is 2. The maximum atomic E-state index is 12.5. The monoisotopic (exact) mass is 309 g/mol. The third-order valence-corrected chi connectivity index (χ3v) is 4.22. The first kappa shape index (κ1) is 15.5. The van der Waals surface area contributed by atoms with Crippen LogP contribution in [0.4, 0.5) is 11.4 Å². The maximum absolute atomic E-state index is 12.5. The molecule has 1 aromatic heterocycles. The first-order chi connectivity index (χ1) is 11.2. The van der Waals surface area contributed by atoms with Gasteiger partial charge in [-0.1, -0.05) is 30.5 Å². The fourth-order valence-electron chi connectivity index (χ4n) is 2.83. The summed E-state index contributed by atoms with van der Waals surface area (Å²) in [5.74, 6) is 0.0498. The molecule has 1 N–H and O–H groups in total. The number of pyridine rings is 1. The van der Waals surface area contributed by atoms with E-state index in [1.807, 2.05) is 29.2 Å². The van der Waals surface area contributed by atoms with Gasteiger partial charge in [-0.25, -0.2) is 4.98 Å². The minimum atomic E-state index is 0.0498. The first-order valence-corrected chi connectivity index (χ1v) is 8.31. The molecule has 1 aromatic carbocycles. The summed E-state index contributed by atoms with van der Waals surface area (Å²) in [6.07, 6.45) is 6.36. The zero-order valence-corrected chi connectivity index (χ0v) is 13.6. The number of likely N-dealkylation sites (tertiary alicyclic amines) is 1. The summed E-state index contributed by atoms with van der Waals surface area (Å²) in [6.45, 7) is 3.77. The zero-order valence-electron chi connectivity index (χ0n) is 13.6. The van der Waals surface area contributed by atoms with E-state index in [1.54, 1.807) is 6.20 Å². The first-order valence-electron chi connectivity index (χ1n) is 8.31. The van der Waals surface area contributed by atoms with Gasteiger partial charge in [-0.05, 0) is 44.0 Å². The Morgan fingerprint density at radius 1 is 0.957 bits per heavy atom. The molecule has 0 spiro atoms. The van der Waals surface area contributed by atoms with Gasteiger partial charge in [0.15, 0.2) is 0 Å². The topological polar surface area (TPSA) is 45.2 Å². The van der Waals surface area contributed by atoms with E-state index < -0.39 is 0 Å². The molecule has 4 nitrogen and oxygen atoms in total. The molecule has 1 fully saturated rings. The van der Waals surface area contributed by atoms with E-state index in [0.717, 1.165) is 37.3 Å². The van der Waals surface area contributed by atoms with Crippen LogP contribution in [0.5, 0.6) is 0 Å². The van der Waals surface area contributed by atoms with Gasteiger partial charge >= 0.3 is 0 Å². The number of anilines is 2. The lowest BCUT2D eigenvalue weighted by Gasteiger charge is -2.19. The molecule has 0 bridgehead atoms. The highest BCUT2D eigenvalue weighted by molar-refractivity contribution is 5.92. The third kappa shape index (κ3) is 4.09. The number of aromatic nitrogens is 1. The number of hydrogen-bond acceptors (Lipinski definition) is 3. The van der Waals surface area contributed by atoms with Crippen LogP contribution < -0.4 is 5.32 Å². The quantitative estimate of drug-likeness (QED) is 0.926. The number of hydrogen-bond donors (Lipinski definition) is 1. The second-order valence-corrected chi connectivity index (χ2v) is 6.13. The fraction of sp³-hybridized carbons (Fsp3) is 0.368. The molecule has 3 rings (SSSR count). The van der Waals surface area contributed by atoms with E-state index in [-0.39, 0.29) is 5.91 Å². The predicted molar refractivity (Wildman–Crippen MR) is 93.1 cm³/mol. The number of nitrogens with one attached hydrogen (secondary N) is 1. The Kier molecular flexibility index (Phi) is 4.91. The van der Waals surface area contributed by atoms with E-state index in [1.165, 1.54) is 18.4 Å². The minimum Gasteiger partial charge on any atom is -0.354 e. The Bertz CT molecular complexity index is 641. The molecule has 1 aliphatic heterocycles. The van der Waals surface area contributed by atoms with Crippen LogP contribution in [0.15, 0.2) is 42.6 Å². The summed E-state index contributed by atoms with van der Waals surface area (Å²) >= 11 is 0. The number of amides is 1. The third-order valence-electron chi connectivity index (χ3n) is 4.22. The van der Waals surface area contributed by atoms with Crippen molar-refractivity contribution in [1.82, 2.24) is 9.88 Å². The van der Waals surface area contributed by atoms with Gasteiger partial charge in [0.2, 0.25) is 0 Å². The highest BCUT2D eigenvalue weighted by Gasteiger charge is 2.18. The van der Waals surface area contributed by atoms with Gasteiger partial charge in [0, 0.05) is 18.8 Å². The standard InChI is InChI=1S/C19H23N3O/c1-15-6-8-16(9-7-15)21-17-10-11-18(20-14-17)19(23)22-12-4-2-3-5-13-22/h6-11,14,21H,2-5,12-13H2,1H3. The van der Waals surface area contributed by atoms with Crippen molar-refractivity contribution in [1.29, 1.82) is 0 Å². The summed E-state index contributed by atoms with van der Waals surface area (Å²) in [6, 6.07) is 11.9. The molecular weight excluding hydrogens is 286 g/mol. The molecule has 0 unspecified atom stereocenters. The molecule has 2 heterocycles. The smallest absolute Gasteiger partial charge is 0.272 e. The average molecular weight is 309 g/mol. The summed E-state index contributed by atoms with van der Waals surface area (Å²) in [4.78, 5) is 18.8. The van der Waals surface area contributed by atoms with E-state index in [4.69, 9.17) is 0 Å². The van der Waals surface area contributed by atoms with E-state index >= 15 is 0 Å². The van der Waals surface area contributed by atoms with Crippen molar-refractivity contribution in [2.75, 3.05) is 18.4 Å². The molecule has 1 amide bonds. The zero-order chi connectivity index (χ0) is 16.1. The Morgan fingerprint density at radius 3 is 2.22 bits per heavy atom. The van der Waals surface area contributed by atoms with Crippen molar-refractivity contribution in [2.45, 2.75) is 32.6 Å². The Labute approximate surface area is 137 Å². The summed E-state index contributed by atoms with van der Waals surface area (Å²) in [7, 11) is 0. The van der Waals surface area contributed by atoms with Gasteiger partial charge in [-0.15, -0.1) is 0 Å². The summed E-state index contributed by atoms with van der Waals surface area (Å²) < 4.78 is 0. The molecule has 1 aliphatic rings. The molecule has 0 aliphatic carbocycles. The number of carbonyl (C=O) groups is 1. The highest BCUT2D eigenvalue weighted by Crippen LogP contribution is 2.17. The maximum Gasteiger partial charge on any atom is 0.272 e. The van der Waals surface area contributed by atoms with Crippen molar-refractivity contribution in [3.63, 3.8) is 0 Å². The predicted octanol–water partition coefficient (Wildman–Crippen LogP) is 4.15. The summed E-state index contributed by atoms with van der Waals surface area (Å²) in [5.41, 5.74) is 3.67. The van der Waals surface area contributed by atoms with Crippen LogP contribution in [0.1, 0.15) is 41.7 Å². The second kappa shape index (κ2) is 7.27. The molecule has 120 valence electrons. The second-order valence-electron chi connectivity index (χ2n) is 6.13. The molecule has 1 saturated heterocycles. The van der Waals surface area contributed by atoms with Gasteiger partial charge in [0.1, 0.15) is 5.69 Å². The van der Waals surface area contributed by atoms with Crippen LogP contribution in [0, 0.1) is 6.92 Å². The highest BCUT2D eigenvalue weighted by atomic mass is 16.2. The van der Waals surface area contributed by atoms with Crippen molar-refractivity contribution in [2.24, 2.45) is 0 Å². The molecule has 0 saturated carbocycles. The van der Waals surface area contributed by atoms with Gasteiger partial charge in [-0.3, -0.25) is 4.79 Å². The normalized spacial score (nSPS) is 15.1.